The normalized spacial score (nSPS) is 18.3. The van der Waals surface area contributed by atoms with Gasteiger partial charge in [0.05, 0.1) is 5.56 Å². The Bertz CT molecular complexity index is 1050. The molecule has 0 saturated carbocycles. The summed E-state index contributed by atoms with van der Waals surface area (Å²) in [4.78, 5) is 21.0. The summed E-state index contributed by atoms with van der Waals surface area (Å²) in [6.07, 6.45) is 1.60. The van der Waals surface area contributed by atoms with Crippen LogP contribution in [-0.4, -0.2) is 65.5 Å². The zero-order valence-corrected chi connectivity index (χ0v) is 23.4. The van der Waals surface area contributed by atoms with Crippen LogP contribution in [0.5, 0.6) is 0 Å². The third kappa shape index (κ3) is 8.59. The van der Waals surface area contributed by atoms with Crippen molar-refractivity contribution >= 4 is 17.4 Å². The Labute approximate surface area is 230 Å². The molecule has 0 bridgehead atoms. The van der Waals surface area contributed by atoms with Gasteiger partial charge >= 0.3 is 6.18 Å². The van der Waals surface area contributed by atoms with E-state index in [1.807, 2.05) is 4.90 Å². The third-order valence-electron chi connectivity index (χ3n) is 7.86. The highest BCUT2D eigenvalue weighted by Crippen LogP contribution is 2.29. The fourth-order valence-corrected chi connectivity index (χ4v) is 5.34. The SMILES string of the molecule is CC(C)(C)c1ccc(NC2CCN(CCCC(=O)N3CCC(Nc4ccc(C(F)(F)F)cn4)CC3)CC2)cc1. The fraction of sp³-hybridized carbons (Fsp3) is 0.600. The largest absolute Gasteiger partial charge is 0.417 e. The number of nitrogens with one attached hydrogen (secondary N) is 2. The lowest BCUT2D eigenvalue weighted by Crippen LogP contribution is -2.43. The first-order valence-corrected chi connectivity index (χ1v) is 14.1. The number of pyridine rings is 1. The lowest BCUT2D eigenvalue weighted by molar-refractivity contribution is -0.137. The van der Waals surface area contributed by atoms with Crippen LogP contribution >= 0.6 is 0 Å². The van der Waals surface area contributed by atoms with Crippen LogP contribution < -0.4 is 10.6 Å². The number of anilines is 2. The number of halogens is 3. The van der Waals surface area contributed by atoms with Crippen LogP contribution in [0.4, 0.5) is 24.7 Å². The topological polar surface area (TPSA) is 60.5 Å². The standard InChI is InChI=1S/C30H42F3N5O/c1-29(2,3)22-6-9-24(10-7-22)35-25-12-17-37(18-13-25)16-4-5-28(39)38-19-14-26(15-20-38)36-27-11-8-23(21-34-27)30(31,32)33/h6-11,21,25-26,35H,4-5,12-20H2,1-3H3,(H,34,36). The summed E-state index contributed by atoms with van der Waals surface area (Å²) in [5, 5.41) is 6.89. The minimum atomic E-state index is -4.38. The fourth-order valence-electron chi connectivity index (χ4n) is 5.34. The van der Waals surface area contributed by atoms with Crippen LogP contribution in [0, 0.1) is 0 Å². The summed E-state index contributed by atoms with van der Waals surface area (Å²) in [6, 6.07) is 11.8. The van der Waals surface area contributed by atoms with Gasteiger partial charge in [-0.05, 0) is 73.9 Å². The van der Waals surface area contributed by atoms with E-state index >= 15 is 0 Å². The van der Waals surface area contributed by atoms with Gasteiger partial charge in [-0.2, -0.15) is 13.2 Å². The highest BCUT2D eigenvalue weighted by Gasteiger charge is 2.31. The van der Waals surface area contributed by atoms with Crippen LogP contribution in [-0.2, 0) is 16.4 Å². The monoisotopic (exact) mass is 545 g/mol. The van der Waals surface area contributed by atoms with Crippen molar-refractivity contribution in [2.24, 2.45) is 0 Å². The van der Waals surface area contributed by atoms with E-state index in [9.17, 15) is 18.0 Å². The van der Waals surface area contributed by atoms with Gasteiger partial charge in [-0.1, -0.05) is 32.9 Å². The molecule has 6 nitrogen and oxygen atoms in total. The Kier molecular flexibility index (Phi) is 9.41. The molecule has 1 aromatic carbocycles. The number of aromatic nitrogens is 1. The highest BCUT2D eigenvalue weighted by atomic mass is 19.4. The summed E-state index contributed by atoms with van der Waals surface area (Å²) < 4.78 is 38.1. The van der Waals surface area contributed by atoms with E-state index in [0.29, 0.717) is 31.4 Å². The molecule has 4 rings (SSSR count). The molecule has 2 aliphatic rings. The number of piperidine rings is 2. The minimum absolute atomic E-state index is 0.101. The predicted molar refractivity (Wildman–Crippen MR) is 150 cm³/mol. The Morgan fingerprint density at radius 3 is 2.03 bits per heavy atom. The molecule has 0 atom stereocenters. The van der Waals surface area contributed by atoms with Gasteiger partial charge in [-0.15, -0.1) is 0 Å². The molecule has 3 heterocycles. The van der Waals surface area contributed by atoms with Gasteiger partial charge in [0.2, 0.25) is 5.91 Å². The molecule has 214 valence electrons. The van der Waals surface area contributed by atoms with Crippen molar-refractivity contribution in [3.05, 3.63) is 53.7 Å². The van der Waals surface area contributed by atoms with Crippen LogP contribution in [0.2, 0.25) is 0 Å². The first-order chi connectivity index (χ1) is 18.5. The zero-order chi connectivity index (χ0) is 28.0. The molecule has 39 heavy (non-hydrogen) atoms. The molecule has 0 radical (unpaired) electrons. The summed E-state index contributed by atoms with van der Waals surface area (Å²) in [7, 11) is 0. The molecule has 0 aliphatic carbocycles. The van der Waals surface area contributed by atoms with E-state index in [-0.39, 0.29) is 17.4 Å². The number of carbonyl (C=O) groups excluding carboxylic acids is 1. The van der Waals surface area contributed by atoms with Crippen molar-refractivity contribution in [1.82, 2.24) is 14.8 Å². The number of amides is 1. The molecule has 2 N–H and O–H groups in total. The Morgan fingerprint density at radius 1 is 0.872 bits per heavy atom. The maximum absolute atomic E-state index is 12.7. The molecule has 2 fully saturated rings. The highest BCUT2D eigenvalue weighted by molar-refractivity contribution is 5.76. The number of nitrogens with zero attached hydrogens (tertiary/aromatic N) is 3. The average Bonchev–Trinajstić information content (AvgIpc) is 2.90. The first-order valence-electron chi connectivity index (χ1n) is 14.1. The van der Waals surface area contributed by atoms with Gasteiger partial charge in [0.25, 0.3) is 0 Å². The second-order valence-electron chi connectivity index (χ2n) is 11.9. The van der Waals surface area contributed by atoms with Gasteiger partial charge in [-0.3, -0.25) is 4.79 Å². The van der Waals surface area contributed by atoms with Crippen molar-refractivity contribution in [2.45, 2.75) is 83.0 Å². The maximum atomic E-state index is 12.7. The van der Waals surface area contributed by atoms with Crippen LogP contribution in [0.25, 0.3) is 0 Å². The molecule has 0 unspecified atom stereocenters. The van der Waals surface area contributed by atoms with Crippen molar-refractivity contribution in [1.29, 1.82) is 0 Å². The molecule has 9 heteroatoms. The van der Waals surface area contributed by atoms with Gasteiger partial charge in [0, 0.05) is 56.6 Å². The third-order valence-corrected chi connectivity index (χ3v) is 7.86. The van der Waals surface area contributed by atoms with Crippen molar-refractivity contribution in [2.75, 3.05) is 43.4 Å². The number of likely N-dealkylation sites (tertiary alicyclic amines) is 2. The first kappa shape index (κ1) is 29.2. The van der Waals surface area contributed by atoms with Crippen molar-refractivity contribution in [3.8, 4) is 0 Å². The lowest BCUT2D eigenvalue weighted by atomic mass is 9.87. The van der Waals surface area contributed by atoms with Crippen LogP contribution in [0.3, 0.4) is 0 Å². The summed E-state index contributed by atoms with van der Waals surface area (Å²) >= 11 is 0. The van der Waals surface area contributed by atoms with E-state index < -0.39 is 11.7 Å². The maximum Gasteiger partial charge on any atom is 0.417 e. The lowest BCUT2D eigenvalue weighted by Gasteiger charge is -2.34. The minimum Gasteiger partial charge on any atom is -0.382 e. The summed E-state index contributed by atoms with van der Waals surface area (Å²) in [6.45, 7) is 11.0. The molecular formula is C30H42F3N5O. The quantitative estimate of drug-likeness (QED) is 0.416. The number of carbonyl (C=O) groups is 1. The van der Waals surface area contributed by atoms with E-state index in [2.05, 4.69) is 65.6 Å². The van der Waals surface area contributed by atoms with Gasteiger partial charge in [-0.25, -0.2) is 4.98 Å². The summed E-state index contributed by atoms with van der Waals surface area (Å²) in [5.41, 5.74) is 1.93. The van der Waals surface area contributed by atoms with Gasteiger partial charge in [0.15, 0.2) is 0 Å². The smallest absolute Gasteiger partial charge is 0.382 e. The second kappa shape index (κ2) is 12.6. The number of rotatable bonds is 8. The Balaban J connectivity index is 1.09. The van der Waals surface area contributed by atoms with Crippen molar-refractivity contribution < 1.29 is 18.0 Å². The van der Waals surface area contributed by atoms with E-state index in [1.54, 1.807) is 0 Å². The molecular weight excluding hydrogens is 503 g/mol. The molecule has 2 saturated heterocycles. The molecule has 2 aromatic rings. The van der Waals surface area contributed by atoms with Gasteiger partial charge in [0.1, 0.15) is 5.82 Å². The number of alkyl halides is 3. The zero-order valence-electron chi connectivity index (χ0n) is 23.4. The predicted octanol–water partition coefficient (Wildman–Crippen LogP) is 6.16. The molecule has 0 spiro atoms. The Hall–Kier alpha value is -2.81. The van der Waals surface area contributed by atoms with Crippen LogP contribution in [0.1, 0.15) is 70.4 Å². The molecule has 2 aliphatic heterocycles. The van der Waals surface area contributed by atoms with E-state index in [1.165, 1.54) is 17.3 Å². The van der Waals surface area contributed by atoms with E-state index in [4.69, 9.17) is 0 Å². The summed E-state index contributed by atoms with van der Waals surface area (Å²) in [5.74, 6) is 0.626. The molecule has 1 aromatic heterocycles. The van der Waals surface area contributed by atoms with Crippen molar-refractivity contribution in [3.63, 3.8) is 0 Å². The number of hydrogen-bond acceptors (Lipinski definition) is 5. The Morgan fingerprint density at radius 2 is 1.46 bits per heavy atom. The van der Waals surface area contributed by atoms with Crippen LogP contribution in [0.15, 0.2) is 42.6 Å². The number of benzene rings is 1. The molecule has 1 amide bonds. The van der Waals surface area contributed by atoms with Gasteiger partial charge < -0.3 is 20.4 Å². The second-order valence-corrected chi connectivity index (χ2v) is 11.9. The van der Waals surface area contributed by atoms with E-state index in [0.717, 1.165) is 64.0 Å². The number of hydrogen-bond donors (Lipinski definition) is 2. The average molecular weight is 546 g/mol.